The zero-order valence-corrected chi connectivity index (χ0v) is 13.1. The molecule has 23 heavy (non-hydrogen) atoms. The molecule has 1 aromatic rings. The van der Waals surface area contributed by atoms with Gasteiger partial charge in [-0.25, -0.2) is 4.79 Å². The van der Waals surface area contributed by atoms with Gasteiger partial charge in [-0.3, -0.25) is 14.9 Å². The van der Waals surface area contributed by atoms with E-state index in [2.05, 4.69) is 15.8 Å². The van der Waals surface area contributed by atoms with E-state index in [0.29, 0.717) is 38.3 Å². The maximum atomic E-state index is 11.9. The van der Waals surface area contributed by atoms with Gasteiger partial charge in [0.15, 0.2) is 5.82 Å². The van der Waals surface area contributed by atoms with Crippen molar-refractivity contribution < 1.29 is 23.6 Å². The summed E-state index contributed by atoms with van der Waals surface area (Å²) in [6, 6.07) is 1.36. The van der Waals surface area contributed by atoms with Gasteiger partial charge in [-0.05, 0) is 26.7 Å². The second kappa shape index (κ2) is 7.61. The number of ether oxygens (including phenoxy) is 1. The van der Waals surface area contributed by atoms with Gasteiger partial charge in [0.1, 0.15) is 5.76 Å². The Morgan fingerprint density at radius 3 is 2.61 bits per heavy atom. The van der Waals surface area contributed by atoms with E-state index in [-0.39, 0.29) is 18.0 Å². The van der Waals surface area contributed by atoms with Gasteiger partial charge < -0.3 is 19.5 Å². The number of nitrogens with zero attached hydrogens (tertiary/aromatic N) is 2. The minimum atomic E-state index is -0.800. The summed E-state index contributed by atoms with van der Waals surface area (Å²) in [7, 11) is 0. The summed E-state index contributed by atoms with van der Waals surface area (Å²) in [5.41, 5.74) is 0. The number of nitrogens with one attached hydrogen (secondary N) is 2. The lowest BCUT2D eigenvalue weighted by atomic mass is 10.1. The Hall–Kier alpha value is -2.58. The van der Waals surface area contributed by atoms with Crippen LogP contribution in [0.1, 0.15) is 25.5 Å². The summed E-state index contributed by atoms with van der Waals surface area (Å²) in [5.74, 6) is -0.807. The van der Waals surface area contributed by atoms with E-state index in [1.807, 2.05) is 0 Å². The number of hydrogen-bond donors (Lipinski definition) is 2. The SMILES string of the molecule is CCOC(=O)N1CCC(NC(=O)C(=O)Nc2cc(C)on2)CC1. The van der Waals surface area contributed by atoms with Gasteiger partial charge in [0.05, 0.1) is 6.61 Å². The number of aryl methyl sites for hydroxylation is 1. The standard InChI is InChI=1S/C14H20N4O5/c1-3-22-14(21)18-6-4-10(5-7-18)15-12(19)13(20)16-11-8-9(2)23-17-11/h8,10H,3-7H2,1-2H3,(H,15,19)(H,16,17,20). The summed E-state index contributed by atoms with van der Waals surface area (Å²) in [5, 5.41) is 8.59. The molecule has 0 radical (unpaired) electrons. The summed E-state index contributed by atoms with van der Waals surface area (Å²) < 4.78 is 9.73. The molecular formula is C14H20N4O5. The number of aromatic nitrogens is 1. The Morgan fingerprint density at radius 2 is 2.04 bits per heavy atom. The molecule has 126 valence electrons. The van der Waals surface area contributed by atoms with Crippen molar-refractivity contribution in [2.24, 2.45) is 0 Å². The van der Waals surface area contributed by atoms with Crippen molar-refractivity contribution in [3.63, 3.8) is 0 Å². The van der Waals surface area contributed by atoms with Gasteiger partial charge >= 0.3 is 17.9 Å². The van der Waals surface area contributed by atoms with Crippen LogP contribution in [0.4, 0.5) is 10.6 Å². The molecule has 0 aliphatic carbocycles. The molecule has 2 heterocycles. The van der Waals surface area contributed by atoms with Crippen molar-refractivity contribution in [3.05, 3.63) is 11.8 Å². The zero-order valence-electron chi connectivity index (χ0n) is 13.1. The first kappa shape index (κ1) is 16.8. The number of carbonyl (C=O) groups is 3. The van der Waals surface area contributed by atoms with E-state index in [4.69, 9.17) is 9.26 Å². The van der Waals surface area contributed by atoms with E-state index in [0.717, 1.165) is 0 Å². The minimum absolute atomic E-state index is 0.155. The van der Waals surface area contributed by atoms with Gasteiger partial charge in [0.2, 0.25) is 0 Å². The van der Waals surface area contributed by atoms with Crippen LogP contribution in [0.15, 0.2) is 10.6 Å². The van der Waals surface area contributed by atoms with Crippen LogP contribution in [-0.2, 0) is 14.3 Å². The lowest BCUT2D eigenvalue weighted by molar-refractivity contribution is -0.136. The highest BCUT2D eigenvalue weighted by atomic mass is 16.6. The number of rotatable bonds is 3. The first-order valence-corrected chi connectivity index (χ1v) is 7.46. The van der Waals surface area contributed by atoms with Crippen LogP contribution in [0.3, 0.4) is 0 Å². The fraction of sp³-hybridized carbons (Fsp3) is 0.571. The van der Waals surface area contributed by atoms with Crippen LogP contribution in [0, 0.1) is 6.92 Å². The topological polar surface area (TPSA) is 114 Å². The predicted molar refractivity (Wildman–Crippen MR) is 79.6 cm³/mol. The highest BCUT2D eigenvalue weighted by Crippen LogP contribution is 2.12. The molecule has 2 N–H and O–H groups in total. The van der Waals surface area contributed by atoms with Crippen molar-refractivity contribution in [2.45, 2.75) is 32.7 Å². The molecule has 0 unspecified atom stereocenters. The van der Waals surface area contributed by atoms with Crippen LogP contribution >= 0.6 is 0 Å². The van der Waals surface area contributed by atoms with Crippen molar-refractivity contribution in [1.82, 2.24) is 15.4 Å². The van der Waals surface area contributed by atoms with Crippen LogP contribution in [0.5, 0.6) is 0 Å². The maximum absolute atomic E-state index is 11.9. The third-order valence-electron chi connectivity index (χ3n) is 3.43. The molecule has 1 saturated heterocycles. The number of likely N-dealkylation sites (tertiary alicyclic amines) is 1. The Morgan fingerprint density at radius 1 is 1.35 bits per heavy atom. The molecule has 0 spiro atoms. The second-order valence-corrected chi connectivity index (χ2v) is 5.21. The van der Waals surface area contributed by atoms with Crippen molar-refractivity contribution in [3.8, 4) is 0 Å². The molecule has 0 aromatic carbocycles. The minimum Gasteiger partial charge on any atom is -0.450 e. The second-order valence-electron chi connectivity index (χ2n) is 5.21. The molecule has 0 atom stereocenters. The van der Waals surface area contributed by atoms with Gasteiger partial charge in [-0.1, -0.05) is 5.16 Å². The fourth-order valence-corrected chi connectivity index (χ4v) is 2.27. The third kappa shape index (κ3) is 4.70. The van der Waals surface area contributed by atoms with Gasteiger partial charge in [0.25, 0.3) is 0 Å². The van der Waals surface area contributed by atoms with Gasteiger partial charge in [0, 0.05) is 25.2 Å². The lowest BCUT2D eigenvalue weighted by Gasteiger charge is -2.31. The zero-order chi connectivity index (χ0) is 16.8. The van der Waals surface area contributed by atoms with E-state index < -0.39 is 11.8 Å². The Bertz CT molecular complexity index is 577. The molecule has 9 heteroatoms. The molecule has 1 aromatic heterocycles. The normalized spacial score (nSPS) is 15.1. The van der Waals surface area contributed by atoms with Crippen LogP contribution in [0.2, 0.25) is 0 Å². The average molecular weight is 324 g/mol. The Kier molecular flexibility index (Phi) is 5.56. The number of anilines is 1. The van der Waals surface area contributed by atoms with Gasteiger partial charge in [-0.15, -0.1) is 0 Å². The average Bonchev–Trinajstić information content (AvgIpc) is 2.93. The Balaban J connectivity index is 1.76. The van der Waals surface area contributed by atoms with Crippen LogP contribution in [0.25, 0.3) is 0 Å². The molecule has 3 amide bonds. The fourth-order valence-electron chi connectivity index (χ4n) is 2.27. The molecule has 0 saturated carbocycles. The summed E-state index contributed by atoms with van der Waals surface area (Å²) >= 11 is 0. The van der Waals surface area contributed by atoms with E-state index in [9.17, 15) is 14.4 Å². The van der Waals surface area contributed by atoms with Crippen molar-refractivity contribution in [1.29, 1.82) is 0 Å². The maximum Gasteiger partial charge on any atom is 0.409 e. The smallest absolute Gasteiger partial charge is 0.409 e. The molecule has 1 fully saturated rings. The molecule has 1 aliphatic heterocycles. The highest BCUT2D eigenvalue weighted by molar-refractivity contribution is 6.39. The molecule has 9 nitrogen and oxygen atoms in total. The van der Waals surface area contributed by atoms with E-state index in [1.165, 1.54) is 6.07 Å². The summed E-state index contributed by atoms with van der Waals surface area (Å²) in [6.45, 7) is 4.72. The number of hydrogen-bond acceptors (Lipinski definition) is 6. The quantitative estimate of drug-likeness (QED) is 0.790. The number of carbonyl (C=O) groups excluding carboxylic acids is 3. The highest BCUT2D eigenvalue weighted by Gasteiger charge is 2.26. The monoisotopic (exact) mass is 324 g/mol. The summed E-state index contributed by atoms with van der Waals surface area (Å²) in [4.78, 5) is 36.8. The lowest BCUT2D eigenvalue weighted by Crippen LogP contribution is -2.49. The largest absolute Gasteiger partial charge is 0.450 e. The van der Waals surface area contributed by atoms with Gasteiger partial charge in [-0.2, -0.15) is 0 Å². The summed E-state index contributed by atoms with van der Waals surface area (Å²) in [6.07, 6.45) is 0.790. The molecule has 0 bridgehead atoms. The molecule has 1 aliphatic rings. The van der Waals surface area contributed by atoms with Crippen LogP contribution < -0.4 is 10.6 Å². The van der Waals surface area contributed by atoms with Crippen molar-refractivity contribution >= 4 is 23.7 Å². The first-order valence-electron chi connectivity index (χ1n) is 7.46. The third-order valence-corrected chi connectivity index (χ3v) is 3.43. The number of piperidine rings is 1. The Labute approximate surface area is 133 Å². The predicted octanol–water partition coefficient (Wildman–Crippen LogP) is 0.659. The molecular weight excluding hydrogens is 304 g/mol. The van der Waals surface area contributed by atoms with E-state index in [1.54, 1.807) is 18.7 Å². The number of amides is 3. The molecule has 2 rings (SSSR count). The van der Waals surface area contributed by atoms with Crippen molar-refractivity contribution in [2.75, 3.05) is 25.0 Å². The van der Waals surface area contributed by atoms with Crippen LogP contribution in [-0.4, -0.2) is 53.7 Å². The first-order chi connectivity index (χ1) is 11.0. The van der Waals surface area contributed by atoms with E-state index >= 15 is 0 Å².